The van der Waals surface area contributed by atoms with Crippen LogP contribution in [0.15, 0.2) is 47.4 Å². The number of likely N-dealkylation sites (N-methyl/N-ethyl adjacent to an activating group) is 1. The maximum absolute atomic E-state index is 13.0. The SMILES string of the molecule is Cc1ccc(S(=O)(=O)NC[C@@H](c2ccc(N(C)C)cc2)[NH+]2CC[NH+](C)CC2)cc1C. The molecule has 0 saturated carbocycles. The van der Waals surface area contributed by atoms with E-state index >= 15 is 0 Å². The number of rotatable bonds is 7. The maximum Gasteiger partial charge on any atom is 0.240 e. The smallest absolute Gasteiger partial charge is 0.240 e. The van der Waals surface area contributed by atoms with Crippen molar-refractivity contribution in [1.82, 2.24) is 4.72 Å². The van der Waals surface area contributed by atoms with Gasteiger partial charge in [0, 0.05) is 25.3 Å². The highest BCUT2D eigenvalue weighted by Crippen LogP contribution is 2.18. The molecule has 7 heteroatoms. The van der Waals surface area contributed by atoms with E-state index in [-0.39, 0.29) is 6.04 Å². The van der Waals surface area contributed by atoms with E-state index in [1.807, 2.05) is 34.0 Å². The predicted molar refractivity (Wildman–Crippen MR) is 122 cm³/mol. The minimum absolute atomic E-state index is 0.0932. The molecule has 0 unspecified atom stereocenters. The summed E-state index contributed by atoms with van der Waals surface area (Å²) in [7, 11) is 2.72. The minimum atomic E-state index is -3.55. The number of aryl methyl sites for hydroxylation is 2. The third-order valence-electron chi connectivity index (χ3n) is 6.32. The molecule has 1 fully saturated rings. The van der Waals surface area contributed by atoms with Crippen LogP contribution in [0.25, 0.3) is 0 Å². The normalized spacial score (nSPS) is 20.7. The number of anilines is 1. The van der Waals surface area contributed by atoms with Crippen LogP contribution in [-0.2, 0) is 10.0 Å². The fourth-order valence-electron chi connectivity index (χ4n) is 4.01. The molecule has 0 aromatic heterocycles. The van der Waals surface area contributed by atoms with Crippen LogP contribution in [0.4, 0.5) is 5.69 Å². The Morgan fingerprint density at radius 3 is 2.17 bits per heavy atom. The van der Waals surface area contributed by atoms with Gasteiger partial charge in [-0.25, -0.2) is 13.1 Å². The Kier molecular flexibility index (Phi) is 7.18. The summed E-state index contributed by atoms with van der Waals surface area (Å²) in [4.78, 5) is 5.40. The van der Waals surface area contributed by atoms with E-state index in [9.17, 15) is 8.42 Å². The van der Waals surface area contributed by atoms with Crippen molar-refractivity contribution in [3.05, 3.63) is 59.2 Å². The molecule has 3 rings (SSSR count). The fourth-order valence-corrected chi connectivity index (χ4v) is 5.14. The third kappa shape index (κ3) is 5.40. The second-order valence-corrected chi connectivity index (χ2v) is 10.5. The van der Waals surface area contributed by atoms with Gasteiger partial charge in [0.25, 0.3) is 0 Å². The van der Waals surface area contributed by atoms with Gasteiger partial charge in [-0.3, -0.25) is 0 Å². The van der Waals surface area contributed by atoms with Gasteiger partial charge in [-0.05, 0) is 49.2 Å². The molecule has 164 valence electrons. The molecule has 30 heavy (non-hydrogen) atoms. The van der Waals surface area contributed by atoms with Crippen LogP contribution in [0, 0.1) is 13.8 Å². The summed E-state index contributed by atoms with van der Waals surface area (Å²) in [5, 5.41) is 0. The van der Waals surface area contributed by atoms with Crippen molar-refractivity contribution in [2.24, 2.45) is 0 Å². The first kappa shape index (κ1) is 22.7. The Morgan fingerprint density at radius 1 is 0.967 bits per heavy atom. The van der Waals surface area contributed by atoms with Gasteiger partial charge in [-0.2, -0.15) is 0 Å². The quantitative estimate of drug-likeness (QED) is 0.568. The van der Waals surface area contributed by atoms with Gasteiger partial charge in [0.1, 0.15) is 32.2 Å². The molecule has 0 spiro atoms. The zero-order valence-corrected chi connectivity index (χ0v) is 19.6. The van der Waals surface area contributed by atoms with Gasteiger partial charge in [0.05, 0.1) is 18.5 Å². The summed E-state index contributed by atoms with van der Waals surface area (Å²) in [6.45, 7) is 8.61. The zero-order chi connectivity index (χ0) is 21.9. The molecule has 0 amide bonds. The van der Waals surface area contributed by atoms with E-state index in [0.717, 1.165) is 43.0 Å². The highest BCUT2D eigenvalue weighted by molar-refractivity contribution is 7.89. The third-order valence-corrected chi connectivity index (χ3v) is 7.74. The van der Waals surface area contributed by atoms with E-state index in [4.69, 9.17) is 0 Å². The monoisotopic (exact) mass is 432 g/mol. The first-order valence-corrected chi connectivity index (χ1v) is 12.2. The van der Waals surface area contributed by atoms with Crippen molar-refractivity contribution < 1.29 is 18.2 Å². The summed E-state index contributed by atoms with van der Waals surface area (Å²) in [5.41, 5.74) is 4.41. The largest absolute Gasteiger partial charge is 0.378 e. The average Bonchev–Trinajstić information content (AvgIpc) is 2.71. The molecule has 1 aliphatic rings. The molecule has 6 nitrogen and oxygen atoms in total. The van der Waals surface area contributed by atoms with Crippen LogP contribution >= 0.6 is 0 Å². The molecule has 0 radical (unpaired) electrons. The summed E-state index contributed by atoms with van der Waals surface area (Å²) in [6, 6.07) is 13.9. The van der Waals surface area contributed by atoms with Crippen LogP contribution in [0.3, 0.4) is 0 Å². The molecule has 2 aromatic rings. The molecule has 1 atom stereocenters. The number of piperazine rings is 1. The Labute approximate surface area is 181 Å². The van der Waals surface area contributed by atoms with Gasteiger partial charge in [-0.1, -0.05) is 18.2 Å². The van der Waals surface area contributed by atoms with Crippen molar-refractivity contribution in [1.29, 1.82) is 0 Å². The molecule has 0 bridgehead atoms. The van der Waals surface area contributed by atoms with Gasteiger partial charge in [0.15, 0.2) is 0 Å². The molecule has 1 saturated heterocycles. The average molecular weight is 433 g/mol. The lowest BCUT2D eigenvalue weighted by Gasteiger charge is -2.33. The lowest BCUT2D eigenvalue weighted by Crippen LogP contribution is -3.27. The van der Waals surface area contributed by atoms with Crippen LogP contribution in [0.2, 0.25) is 0 Å². The molecule has 3 N–H and O–H groups in total. The van der Waals surface area contributed by atoms with E-state index in [1.54, 1.807) is 12.1 Å². The number of quaternary nitrogens is 2. The van der Waals surface area contributed by atoms with Crippen LogP contribution in [-0.4, -0.2) is 62.3 Å². The van der Waals surface area contributed by atoms with Crippen LogP contribution in [0.1, 0.15) is 22.7 Å². The first-order chi connectivity index (χ1) is 14.2. The van der Waals surface area contributed by atoms with E-state index in [2.05, 4.69) is 40.9 Å². The molecule has 2 aromatic carbocycles. The Balaban J connectivity index is 1.82. The van der Waals surface area contributed by atoms with Gasteiger partial charge >= 0.3 is 0 Å². The summed E-state index contributed by atoms with van der Waals surface area (Å²) >= 11 is 0. The first-order valence-electron chi connectivity index (χ1n) is 10.7. The summed E-state index contributed by atoms with van der Waals surface area (Å²) in [6.07, 6.45) is 0. The molecule has 1 heterocycles. The lowest BCUT2D eigenvalue weighted by atomic mass is 10.0. The maximum atomic E-state index is 13.0. The summed E-state index contributed by atoms with van der Waals surface area (Å²) < 4.78 is 28.9. The number of benzene rings is 2. The van der Waals surface area contributed by atoms with Crippen LogP contribution < -0.4 is 19.4 Å². The minimum Gasteiger partial charge on any atom is -0.378 e. The highest BCUT2D eigenvalue weighted by atomic mass is 32.2. The summed E-state index contributed by atoms with van der Waals surface area (Å²) in [5.74, 6) is 0. The Morgan fingerprint density at radius 2 is 1.60 bits per heavy atom. The van der Waals surface area contributed by atoms with Crippen molar-refractivity contribution in [3.63, 3.8) is 0 Å². The van der Waals surface area contributed by atoms with Crippen molar-refractivity contribution in [3.8, 4) is 0 Å². The number of sulfonamides is 1. The molecule has 1 aliphatic heterocycles. The highest BCUT2D eigenvalue weighted by Gasteiger charge is 2.30. The van der Waals surface area contributed by atoms with Gasteiger partial charge in [-0.15, -0.1) is 0 Å². The fraction of sp³-hybridized carbons (Fsp3) is 0.478. The standard InChI is InChI=1S/C23H34N4O2S/c1-18-6-11-22(16-19(18)2)30(28,29)24-17-23(27-14-12-26(5)13-15-27)20-7-9-21(10-8-20)25(3)4/h6-11,16,23-24H,12-15,17H2,1-5H3/p+2/t23-/m0/s1. The topological polar surface area (TPSA) is 58.3 Å². The van der Waals surface area contributed by atoms with E-state index < -0.39 is 10.0 Å². The Hall–Kier alpha value is -1.93. The second-order valence-electron chi connectivity index (χ2n) is 8.75. The van der Waals surface area contributed by atoms with Crippen molar-refractivity contribution >= 4 is 15.7 Å². The van der Waals surface area contributed by atoms with Crippen molar-refractivity contribution in [2.75, 3.05) is 58.8 Å². The zero-order valence-electron chi connectivity index (χ0n) is 18.8. The second kappa shape index (κ2) is 9.47. The molecular formula is C23H36N4O2S+2. The number of nitrogens with zero attached hydrogens (tertiary/aromatic N) is 1. The van der Waals surface area contributed by atoms with E-state index in [1.165, 1.54) is 15.4 Å². The lowest BCUT2D eigenvalue weighted by molar-refractivity contribution is -1.02. The number of nitrogens with one attached hydrogen (secondary N) is 3. The molecular weight excluding hydrogens is 396 g/mol. The van der Waals surface area contributed by atoms with E-state index in [0.29, 0.717) is 11.4 Å². The molecule has 0 aliphatic carbocycles. The van der Waals surface area contributed by atoms with Gasteiger partial charge in [0.2, 0.25) is 10.0 Å². The van der Waals surface area contributed by atoms with Crippen LogP contribution in [0.5, 0.6) is 0 Å². The number of hydrogen-bond acceptors (Lipinski definition) is 3. The Bertz CT molecular complexity index is 950. The van der Waals surface area contributed by atoms with Crippen molar-refractivity contribution in [2.45, 2.75) is 24.8 Å². The van der Waals surface area contributed by atoms with Gasteiger partial charge < -0.3 is 14.7 Å². The number of hydrogen-bond donors (Lipinski definition) is 3. The predicted octanol–water partition coefficient (Wildman–Crippen LogP) is -0.198.